The van der Waals surface area contributed by atoms with Gasteiger partial charge in [-0.2, -0.15) is 0 Å². The number of thioether (sulfide) groups is 1. The number of carbonyl (C=O) groups excluding carboxylic acids is 3. The van der Waals surface area contributed by atoms with E-state index in [-0.39, 0.29) is 31.2 Å². The van der Waals surface area contributed by atoms with Crippen molar-refractivity contribution < 1.29 is 24.6 Å². The lowest BCUT2D eigenvalue weighted by Crippen LogP contribution is -2.36. The minimum absolute atomic E-state index is 0.00900. The third-order valence-corrected chi connectivity index (χ3v) is 6.12. The van der Waals surface area contributed by atoms with Gasteiger partial charge in [-0.05, 0) is 47.0 Å². The van der Waals surface area contributed by atoms with Gasteiger partial charge in [0.15, 0.2) is 0 Å². The molecule has 1 atom stereocenters. The van der Waals surface area contributed by atoms with E-state index in [9.17, 15) is 24.6 Å². The highest BCUT2D eigenvalue weighted by atomic mass is 32.2. The SMILES string of the molecule is CN(C[C@@H](O)c1ccc(O)cc1)C(=O)CCN1C(=O)S/C(=C\c2cccs2)C1=O. The Morgan fingerprint density at radius 1 is 1.24 bits per heavy atom. The normalized spacial score (nSPS) is 16.5. The van der Waals surface area contributed by atoms with Gasteiger partial charge in [-0.1, -0.05) is 18.2 Å². The lowest BCUT2D eigenvalue weighted by atomic mass is 10.1. The summed E-state index contributed by atoms with van der Waals surface area (Å²) in [6, 6.07) is 9.81. The number of rotatable bonds is 7. The Bertz CT molecular complexity index is 925. The number of amides is 3. The van der Waals surface area contributed by atoms with Gasteiger partial charge in [0.2, 0.25) is 5.91 Å². The number of imide groups is 1. The molecular formula is C20H20N2O5S2. The van der Waals surface area contributed by atoms with E-state index in [0.29, 0.717) is 10.5 Å². The third-order valence-electron chi connectivity index (χ3n) is 4.39. The van der Waals surface area contributed by atoms with Crippen molar-refractivity contribution in [1.82, 2.24) is 9.80 Å². The van der Waals surface area contributed by atoms with Crippen molar-refractivity contribution in [3.8, 4) is 5.75 Å². The number of aliphatic hydroxyl groups is 1. The monoisotopic (exact) mass is 432 g/mol. The maximum absolute atomic E-state index is 12.5. The molecule has 1 saturated heterocycles. The van der Waals surface area contributed by atoms with Crippen LogP contribution in [0.3, 0.4) is 0 Å². The van der Waals surface area contributed by atoms with Gasteiger partial charge in [0.1, 0.15) is 5.75 Å². The number of hydrogen-bond acceptors (Lipinski definition) is 7. The van der Waals surface area contributed by atoms with Gasteiger partial charge < -0.3 is 15.1 Å². The molecule has 1 aromatic carbocycles. The van der Waals surface area contributed by atoms with Gasteiger partial charge in [-0.15, -0.1) is 11.3 Å². The second-order valence-corrected chi connectivity index (χ2v) is 8.45. The molecule has 7 nitrogen and oxygen atoms in total. The zero-order valence-electron chi connectivity index (χ0n) is 15.6. The van der Waals surface area contributed by atoms with Crippen LogP contribution in [0.5, 0.6) is 5.75 Å². The summed E-state index contributed by atoms with van der Waals surface area (Å²) in [7, 11) is 1.55. The average molecular weight is 433 g/mol. The highest BCUT2D eigenvalue weighted by Gasteiger charge is 2.35. The van der Waals surface area contributed by atoms with Crippen molar-refractivity contribution in [1.29, 1.82) is 0 Å². The molecule has 2 heterocycles. The van der Waals surface area contributed by atoms with Crippen LogP contribution in [0.2, 0.25) is 0 Å². The van der Waals surface area contributed by atoms with Crippen LogP contribution in [-0.4, -0.2) is 57.2 Å². The maximum Gasteiger partial charge on any atom is 0.293 e. The number of likely N-dealkylation sites (N-methyl/N-ethyl adjacent to an activating group) is 1. The molecule has 0 saturated carbocycles. The van der Waals surface area contributed by atoms with Gasteiger partial charge in [0, 0.05) is 24.9 Å². The van der Waals surface area contributed by atoms with Gasteiger partial charge in [0.05, 0.1) is 17.6 Å². The summed E-state index contributed by atoms with van der Waals surface area (Å²) < 4.78 is 0. The molecule has 1 aliphatic rings. The molecule has 1 aromatic heterocycles. The summed E-state index contributed by atoms with van der Waals surface area (Å²) in [6.07, 6.45) is 0.746. The van der Waals surface area contributed by atoms with Crippen molar-refractivity contribution in [2.45, 2.75) is 12.5 Å². The molecular weight excluding hydrogens is 412 g/mol. The number of carbonyl (C=O) groups is 3. The zero-order chi connectivity index (χ0) is 21.0. The van der Waals surface area contributed by atoms with Crippen LogP contribution < -0.4 is 0 Å². The number of thiophene rings is 1. The third kappa shape index (κ3) is 5.26. The number of phenolic OH excluding ortho intramolecular Hbond substituents is 1. The number of benzene rings is 1. The summed E-state index contributed by atoms with van der Waals surface area (Å²) >= 11 is 2.34. The van der Waals surface area contributed by atoms with E-state index < -0.39 is 17.3 Å². The molecule has 152 valence electrons. The van der Waals surface area contributed by atoms with E-state index in [0.717, 1.165) is 21.5 Å². The summed E-state index contributed by atoms with van der Waals surface area (Å²) in [5.74, 6) is -0.590. The van der Waals surface area contributed by atoms with Crippen LogP contribution >= 0.6 is 23.1 Å². The largest absolute Gasteiger partial charge is 0.508 e. The van der Waals surface area contributed by atoms with Crippen molar-refractivity contribution in [3.05, 3.63) is 57.1 Å². The van der Waals surface area contributed by atoms with E-state index in [4.69, 9.17) is 0 Å². The lowest BCUT2D eigenvalue weighted by molar-refractivity contribution is -0.131. The summed E-state index contributed by atoms with van der Waals surface area (Å²) in [6.45, 7) is 0.0503. The molecule has 0 aliphatic carbocycles. The van der Waals surface area contributed by atoms with E-state index in [1.807, 2.05) is 17.5 Å². The molecule has 2 aromatic rings. The van der Waals surface area contributed by atoms with E-state index in [1.165, 1.54) is 28.4 Å². The zero-order valence-corrected chi connectivity index (χ0v) is 17.3. The fourth-order valence-electron chi connectivity index (χ4n) is 2.76. The minimum Gasteiger partial charge on any atom is -0.508 e. The molecule has 1 aliphatic heterocycles. The maximum atomic E-state index is 12.5. The minimum atomic E-state index is -0.907. The van der Waals surface area contributed by atoms with Gasteiger partial charge in [-0.25, -0.2) is 0 Å². The molecule has 0 radical (unpaired) electrons. The second kappa shape index (κ2) is 9.25. The van der Waals surface area contributed by atoms with Crippen LogP contribution in [0.15, 0.2) is 46.7 Å². The van der Waals surface area contributed by atoms with Gasteiger partial charge >= 0.3 is 0 Å². The molecule has 1 fully saturated rings. The molecule has 0 spiro atoms. The first-order chi connectivity index (χ1) is 13.8. The van der Waals surface area contributed by atoms with Crippen LogP contribution in [0.25, 0.3) is 6.08 Å². The highest BCUT2D eigenvalue weighted by Crippen LogP contribution is 2.33. The molecule has 9 heteroatoms. The first kappa shape index (κ1) is 21.1. The number of phenols is 1. The molecule has 2 N–H and O–H groups in total. The first-order valence-corrected chi connectivity index (χ1v) is 10.5. The van der Waals surface area contributed by atoms with E-state index in [1.54, 1.807) is 25.3 Å². The average Bonchev–Trinajstić information content (AvgIpc) is 3.29. The summed E-state index contributed by atoms with van der Waals surface area (Å²) in [4.78, 5) is 40.6. The predicted octanol–water partition coefficient (Wildman–Crippen LogP) is 3.07. The Hall–Kier alpha value is -2.62. The quantitative estimate of drug-likeness (QED) is 0.653. The Morgan fingerprint density at radius 2 is 1.97 bits per heavy atom. The summed E-state index contributed by atoms with van der Waals surface area (Å²) in [5, 5.41) is 21.0. The standard InChI is InChI=1S/C20H20N2O5S2/c1-21(12-16(24)13-4-6-14(23)7-5-13)18(25)8-9-22-19(26)17(29-20(22)27)11-15-3-2-10-28-15/h2-7,10-11,16,23-24H,8-9,12H2,1H3/b17-11-/t16-/m1/s1. The lowest BCUT2D eigenvalue weighted by Gasteiger charge is -2.22. The molecule has 3 rings (SSSR count). The number of aromatic hydroxyl groups is 1. The Morgan fingerprint density at radius 3 is 2.62 bits per heavy atom. The smallest absolute Gasteiger partial charge is 0.293 e. The van der Waals surface area contributed by atoms with Gasteiger partial charge in [-0.3, -0.25) is 19.3 Å². The number of aliphatic hydroxyl groups excluding tert-OH is 1. The Kier molecular flexibility index (Phi) is 6.73. The van der Waals surface area contributed by atoms with Crippen molar-refractivity contribution in [2.75, 3.05) is 20.1 Å². The van der Waals surface area contributed by atoms with E-state index >= 15 is 0 Å². The van der Waals surface area contributed by atoms with Crippen molar-refractivity contribution in [2.24, 2.45) is 0 Å². The first-order valence-electron chi connectivity index (χ1n) is 8.85. The van der Waals surface area contributed by atoms with Gasteiger partial charge in [0.25, 0.3) is 11.1 Å². The van der Waals surface area contributed by atoms with Crippen LogP contribution in [0.4, 0.5) is 4.79 Å². The number of hydrogen-bond donors (Lipinski definition) is 2. The Labute approximate surface area is 176 Å². The molecule has 0 unspecified atom stereocenters. The van der Waals surface area contributed by atoms with Crippen molar-refractivity contribution in [3.63, 3.8) is 0 Å². The number of nitrogens with zero attached hydrogens (tertiary/aromatic N) is 2. The predicted molar refractivity (Wildman–Crippen MR) is 112 cm³/mol. The van der Waals surface area contributed by atoms with Crippen LogP contribution in [0, 0.1) is 0 Å². The Balaban J connectivity index is 1.53. The highest BCUT2D eigenvalue weighted by molar-refractivity contribution is 8.18. The molecule has 0 bridgehead atoms. The van der Waals surface area contributed by atoms with Crippen LogP contribution in [-0.2, 0) is 9.59 Å². The molecule has 3 amide bonds. The molecule has 29 heavy (non-hydrogen) atoms. The fraction of sp³-hybridized carbons (Fsp3) is 0.250. The topological polar surface area (TPSA) is 98.2 Å². The van der Waals surface area contributed by atoms with Crippen LogP contribution in [0.1, 0.15) is 23.0 Å². The summed E-state index contributed by atoms with van der Waals surface area (Å²) in [5.41, 5.74) is 0.576. The fourth-order valence-corrected chi connectivity index (χ4v) is 4.34. The van der Waals surface area contributed by atoms with E-state index in [2.05, 4.69) is 0 Å². The van der Waals surface area contributed by atoms with Crippen molar-refractivity contribution >= 4 is 46.2 Å². The second-order valence-electron chi connectivity index (χ2n) is 6.48.